The molecule has 0 aliphatic carbocycles. The summed E-state index contributed by atoms with van der Waals surface area (Å²) < 4.78 is 5.41. The third-order valence-corrected chi connectivity index (χ3v) is 5.63. The van der Waals surface area contributed by atoms with E-state index in [1.165, 1.54) is 0 Å². The monoisotopic (exact) mass is 374 g/mol. The van der Waals surface area contributed by atoms with Gasteiger partial charge in [-0.25, -0.2) is 0 Å². The molecule has 1 aromatic carbocycles. The van der Waals surface area contributed by atoms with Crippen molar-refractivity contribution in [3.05, 3.63) is 60.0 Å². The summed E-state index contributed by atoms with van der Waals surface area (Å²) >= 11 is 0. The highest BCUT2D eigenvalue weighted by atomic mass is 16.5. The van der Waals surface area contributed by atoms with Gasteiger partial charge in [-0.05, 0) is 49.2 Å². The summed E-state index contributed by atoms with van der Waals surface area (Å²) in [5, 5.41) is 0.934. The first-order valence-electron chi connectivity index (χ1n) is 9.61. The van der Waals surface area contributed by atoms with Gasteiger partial charge in [0.2, 0.25) is 0 Å². The molecule has 4 aromatic rings. The number of methoxy groups -OCH3 is 1. The van der Waals surface area contributed by atoms with Crippen molar-refractivity contribution in [3.63, 3.8) is 0 Å². The van der Waals surface area contributed by atoms with Crippen LogP contribution >= 0.6 is 0 Å². The molecule has 5 rings (SSSR count). The molecule has 4 heterocycles. The summed E-state index contributed by atoms with van der Waals surface area (Å²) in [5.74, 6) is 1.11. The number of nitrogens with one attached hydrogen (secondary N) is 2. The van der Waals surface area contributed by atoms with Gasteiger partial charge in [0.25, 0.3) is 5.91 Å². The molecular weight excluding hydrogens is 352 g/mol. The van der Waals surface area contributed by atoms with Crippen LogP contribution in [-0.2, 0) is 0 Å². The van der Waals surface area contributed by atoms with E-state index in [0.717, 1.165) is 52.8 Å². The minimum Gasteiger partial charge on any atom is -0.496 e. The maximum Gasteiger partial charge on any atom is 0.270 e. The molecule has 142 valence electrons. The zero-order valence-corrected chi connectivity index (χ0v) is 15.7. The van der Waals surface area contributed by atoms with Crippen molar-refractivity contribution in [1.82, 2.24) is 19.9 Å². The number of benzene rings is 1. The first-order valence-corrected chi connectivity index (χ1v) is 9.61. The Morgan fingerprint density at radius 3 is 2.93 bits per heavy atom. The van der Waals surface area contributed by atoms with Gasteiger partial charge in [0, 0.05) is 41.8 Å². The number of fused-ring (bicyclic) bond motifs is 2. The molecule has 3 aromatic heterocycles. The number of carbonyl (C=O) groups excluding carboxylic acids is 1. The number of ether oxygens (including phenoxy) is 1. The Morgan fingerprint density at radius 2 is 2.07 bits per heavy atom. The molecule has 1 saturated heterocycles. The Morgan fingerprint density at radius 1 is 1.18 bits per heavy atom. The largest absolute Gasteiger partial charge is 0.496 e. The van der Waals surface area contributed by atoms with Crippen LogP contribution < -0.4 is 4.74 Å². The predicted octanol–water partition coefficient (Wildman–Crippen LogP) is 4.07. The van der Waals surface area contributed by atoms with Crippen LogP contribution in [0.15, 0.2) is 48.7 Å². The average Bonchev–Trinajstić information content (AvgIpc) is 3.37. The van der Waals surface area contributed by atoms with Crippen LogP contribution in [0.1, 0.15) is 34.9 Å². The van der Waals surface area contributed by atoms with Crippen molar-refractivity contribution in [2.75, 3.05) is 20.2 Å². The molecule has 0 unspecified atom stereocenters. The van der Waals surface area contributed by atoms with Gasteiger partial charge in [0.1, 0.15) is 11.4 Å². The van der Waals surface area contributed by atoms with E-state index in [1.807, 2.05) is 41.3 Å². The molecule has 1 aliphatic heterocycles. The zero-order chi connectivity index (χ0) is 19.1. The first-order chi connectivity index (χ1) is 13.7. The second kappa shape index (κ2) is 6.71. The number of nitrogens with zero attached hydrogens (tertiary/aromatic N) is 2. The van der Waals surface area contributed by atoms with Crippen molar-refractivity contribution in [2.45, 2.75) is 18.8 Å². The lowest BCUT2D eigenvalue weighted by Crippen LogP contribution is -2.39. The summed E-state index contributed by atoms with van der Waals surface area (Å²) in [7, 11) is 1.65. The summed E-state index contributed by atoms with van der Waals surface area (Å²) in [4.78, 5) is 26.2. The van der Waals surface area contributed by atoms with Crippen LogP contribution in [-0.4, -0.2) is 46.0 Å². The third-order valence-electron chi connectivity index (χ3n) is 5.63. The number of hydrogen-bond donors (Lipinski definition) is 2. The van der Waals surface area contributed by atoms with Crippen LogP contribution in [0.2, 0.25) is 0 Å². The van der Waals surface area contributed by atoms with Gasteiger partial charge in [-0.2, -0.15) is 0 Å². The van der Waals surface area contributed by atoms with E-state index in [9.17, 15) is 4.79 Å². The van der Waals surface area contributed by atoms with Crippen molar-refractivity contribution >= 4 is 27.8 Å². The van der Waals surface area contributed by atoms with Crippen LogP contribution in [0.25, 0.3) is 21.9 Å². The van der Waals surface area contributed by atoms with Gasteiger partial charge in [0.15, 0.2) is 0 Å². The number of aromatic amines is 2. The Balaban J connectivity index is 1.40. The average molecular weight is 374 g/mol. The summed E-state index contributed by atoms with van der Waals surface area (Å²) in [6.07, 6.45) is 3.86. The van der Waals surface area contributed by atoms with E-state index in [-0.39, 0.29) is 5.91 Å². The number of amides is 1. The molecule has 6 nitrogen and oxygen atoms in total. The molecule has 0 radical (unpaired) electrons. The quantitative estimate of drug-likeness (QED) is 0.568. The molecule has 0 bridgehead atoms. The normalized spacial score (nSPS) is 17.3. The second-order valence-electron chi connectivity index (χ2n) is 7.36. The summed E-state index contributed by atoms with van der Waals surface area (Å²) in [6.45, 7) is 1.48. The minimum atomic E-state index is 0.0391. The van der Waals surface area contributed by atoms with Crippen LogP contribution in [0.3, 0.4) is 0 Å². The number of hydrogen-bond acceptors (Lipinski definition) is 3. The van der Waals surface area contributed by atoms with E-state index in [2.05, 4.69) is 21.0 Å². The van der Waals surface area contributed by atoms with Crippen LogP contribution in [0.4, 0.5) is 0 Å². The zero-order valence-electron chi connectivity index (χ0n) is 15.7. The highest BCUT2D eigenvalue weighted by Crippen LogP contribution is 2.30. The van der Waals surface area contributed by atoms with Gasteiger partial charge in [-0.1, -0.05) is 6.07 Å². The number of carbonyl (C=O) groups is 1. The fraction of sp³-hybridized carbons (Fsp3) is 0.273. The maximum atomic E-state index is 13.1. The van der Waals surface area contributed by atoms with Gasteiger partial charge in [-0.3, -0.25) is 9.78 Å². The van der Waals surface area contributed by atoms with E-state index >= 15 is 0 Å². The van der Waals surface area contributed by atoms with Gasteiger partial charge < -0.3 is 19.6 Å². The highest BCUT2D eigenvalue weighted by molar-refractivity contribution is 5.99. The third kappa shape index (κ3) is 2.81. The number of aromatic nitrogens is 3. The topological polar surface area (TPSA) is 74.0 Å². The van der Waals surface area contributed by atoms with E-state index in [0.29, 0.717) is 18.2 Å². The molecule has 1 amide bonds. The maximum absolute atomic E-state index is 13.1. The Kier molecular flexibility index (Phi) is 4.04. The lowest BCUT2D eigenvalue weighted by molar-refractivity contribution is 0.0701. The predicted molar refractivity (Wildman–Crippen MR) is 109 cm³/mol. The molecule has 28 heavy (non-hydrogen) atoms. The molecule has 0 spiro atoms. The molecule has 2 N–H and O–H groups in total. The molecule has 0 saturated carbocycles. The van der Waals surface area contributed by atoms with Gasteiger partial charge in [-0.15, -0.1) is 0 Å². The number of likely N-dealkylation sites (tertiary alicyclic amines) is 1. The Labute approximate surface area is 162 Å². The number of rotatable bonds is 3. The van der Waals surface area contributed by atoms with Crippen molar-refractivity contribution in [1.29, 1.82) is 0 Å². The van der Waals surface area contributed by atoms with Crippen molar-refractivity contribution in [2.24, 2.45) is 0 Å². The van der Waals surface area contributed by atoms with Crippen LogP contribution in [0, 0.1) is 0 Å². The van der Waals surface area contributed by atoms with Crippen molar-refractivity contribution in [3.8, 4) is 5.75 Å². The molecule has 1 fully saturated rings. The van der Waals surface area contributed by atoms with E-state index < -0.39 is 0 Å². The van der Waals surface area contributed by atoms with Gasteiger partial charge in [0.05, 0.1) is 18.1 Å². The van der Waals surface area contributed by atoms with Gasteiger partial charge >= 0.3 is 0 Å². The number of H-pyrrole nitrogens is 2. The lowest BCUT2D eigenvalue weighted by atomic mass is 9.94. The number of pyridine rings is 1. The molecular formula is C22H22N4O2. The Hall–Kier alpha value is -3.28. The first kappa shape index (κ1) is 16.9. The molecule has 1 atom stereocenters. The standard InChI is InChI=1S/C22H22N4O2/c1-28-21-8-2-6-16-15(21)11-20(24-16)22(27)26-10-4-5-14(13-26)18-12-19-17(25-18)7-3-9-23-19/h2-3,6-9,11-12,14,24-25H,4-5,10,13H2,1H3/t14-/m1/s1. The molecule has 1 aliphatic rings. The van der Waals surface area contributed by atoms with Crippen molar-refractivity contribution < 1.29 is 9.53 Å². The summed E-state index contributed by atoms with van der Waals surface area (Å²) in [5.41, 5.74) is 4.70. The second-order valence-corrected chi connectivity index (χ2v) is 7.36. The fourth-order valence-electron chi connectivity index (χ4n) is 4.20. The smallest absolute Gasteiger partial charge is 0.270 e. The van der Waals surface area contributed by atoms with Crippen LogP contribution in [0.5, 0.6) is 5.75 Å². The fourth-order valence-corrected chi connectivity index (χ4v) is 4.20. The SMILES string of the molecule is COc1cccc2[nH]c(C(=O)N3CCC[C@@H](c4cc5ncccc5[nH]4)C3)cc12. The van der Waals surface area contributed by atoms with E-state index in [1.54, 1.807) is 13.3 Å². The van der Waals surface area contributed by atoms with E-state index in [4.69, 9.17) is 4.74 Å². The number of piperidine rings is 1. The lowest BCUT2D eigenvalue weighted by Gasteiger charge is -2.32. The summed E-state index contributed by atoms with van der Waals surface area (Å²) in [6, 6.07) is 13.8. The Bertz CT molecular complexity index is 1130. The molecule has 6 heteroatoms. The highest BCUT2D eigenvalue weighted by Gasteiger charge is 2.27. The minimum absolute atomic E-state index is 0.0391.